The summed E-state index contributed by atoms with van der Waals surface area (Å²) in [5, 5.41) is 0.0510. The Balaban J connectivity index is 1.80. The van der Waals surface area contributed by atoms with Crippen LogP contribution >= 0.6 is 23.4 Å². The van der Waals surface area contributed by atoms with Crippen molar-refractivity contribution in [3.8, 4) is 0 Å². The number of carbonyl (C=O) groups is 2. The Bertz CT molecular complexity index is 721. The molecule has 2 aliphatic heterocycles. The van der Waals surface area contributed by atoms with Crippen LogP contribution in [0.15, 0.2) is 29.2 Å². The largest absolute Gasteiger partial charge is 0.289 e. The van der Waals surface area contributed by atoms with Crippen molar-refractivity contribution >= 4 is 44.5 Å². The van der Waals surface area contributed by atoms with Gasteiger partial charge in [-0.3, -0.25) is 14.5 Å². The third-order valence-corrected chi connectivity index (χ3v) is 6.64. The lowest BCUT2D eigenvalue weighted by Gasteiger charge is -2.21. The second-order valence-corrected chi connectivity index (χ2v) is 8.38. The molecule has 22 heavy (non-hydrogen) atoms. The van der Waals surface area contributed by atoms with E-state index in [-0.39, 0.29) is 40.9 Å². The molecule has 2 heterocycles. The number of benzene rings is 1. The second-order valence-electron chi connectivity index (χ2n) is 5.08. The quantitative estimate of drug-likeness (QED) is 0.821. The van der Waals surface area contributed by atoms with Gasteiger partial charge >= 0.3 is 0 Å². The summed E-state index contributed by atoms with van der Waals surface area (Å²) in [6.07, 6.45) is 0.456. The van der Waals surface area contributed by atoms with E-state index < -0.39 is 10.0 Å². The molecule has 9 heteroatoms. The zero-order chi connectivity index (χ0) is 15.9. The minimum Gasteiger partial charge on any atom is -0.273 e. The highest BCUT2D eigenvalue weighted by molar-refractivity contribution is 8.14. The molecule has 1 aromatic rings. The summed E-state index contributed by atoms with van der Waals surface area (Å²) in [7, 11) is -3.67. The lowest BCUT2D eigenvalue weighted by molar-refractivity contribution is -0.126. The third kappa shape index (κ3) is 2.76. The van der Waals surface area contributed by atoms with E-state index in [1.807, 2.05) is 0 Å². The van der Waals surface area contributed by atoms with Gasteiger partial charge in [0.05, 0.1) is 16.7 Å². The predicted octanol–water partition coefficient (Wildman–Crippen LogP) is 1.80. The Morgan fingerprint density at radius 1 is 1.27 bits per heavy atom. The molecule has 2 aliphatic rings. The molecule has 0 radical (unpaired) electrons. The number of hydrogen-bond donors (Lipinski definition) is 0. The van der Waals surface area contributed by atoms with Crippen LogP contribution in [0.2, 0.25) is 5.02 Å². The molecule has 0 N–H and O–H groups in total. The number of halogens is 1. The Morgan fingerprint density at radius 3 is 2.68 bits per heavy atom. The number of rotatable bonds is 3. The van der Waals surface area contributed by atoms with Gasteiger partial charge in [0.25, 0.3) is 5.24 Å². The molecular weight excluding hydrogens is 348 g/mol. The molecule has 1 aromatic carbocycles. The van der Waals surface area contributed by atoms with E-state index in [9.17, 15) is 18.0 Å². The first-order valence-corrected chi connectivity index (χ1v) is 9.44. The van der Waals surface area contributed by atoms with Crippen LogP contribution in [0.25, 0.3) is 0 Å². The van der Waals surface area contributed by atoms with Crippen LogP contribution in [0.1, 0.15) is 6.42 Å². The molecule has 0 aliphatic carbocycles. The summed E-state index contributed by atoms with van der Waals surface area (Å²) in [6, 6.07) is 5.67. The first-order valence-electron chi connectivity index (χ1n) is 6.64. The highest BCUT2D eigenvalue weighted by Gasteiger charge is 2.42. The topological polar surface area (TPSA) is 74.8 Å². The van der Waals surface area contributed by atoms with Gasteiger partial charge in [-0.05, 0) is 24.6 Å². The monoisotopic (exact) mass is 360 g/mol. The van der Waals surface area contributed by atoms with Gasteiger partial charge in [-0.1, -0.05) is 29.4 Å². The first kappa shape index (κ1) is 15.8. The summed E-state index contributed by atoms with van der Waals surface area (Å²) >= 11 is 6.80. The minimum atomic E-state index is -3.67. The first-order chi connectivity index (χ1) is 10.4. The molecule has 0 saturated carbocycles. The van der Waals surface area contributed by atoms with Gasteiger partial charge in [-0.25, -0.2) is 8.42 Å². The molecule has 2 saturated heterocycles. The maximum absolute atomic E-state index is 12.6. The zero-order valence-electron chi connectivity index (χ0n) is 11.4. The van der Waals surface area contributed by atoms with E-state index in [1.54, 1.807) is 12.1 Å². The van der Waals surface area contributed by atoms with E-state index in [1.165, 1.54) is 21.3 Å². The summed E-state index contributed by atoms with van der Waals surface area (Å²) in [5.41, 5.74) is 0. The molecule has 0 spiro atoms. The Kier molecular flexibility index (Phi) is 4.19. The smallest absolute Gasteiger partial charge is 0.273 e. The average molecular weight is 361 g/mol. The van der Waals surface area contributed by atoms with E-state index in [4.69, 9.17) is 11.6 Å². The fourth-order valence-corrected chi connectivity index (χ4v) is 5.20. The molecule has 1 atom stereocenters. The molecular formula is C13H13ClN2O4S2. The number of carbonyl (C=O) groups excluding carboxylic acids is 2. The van der Waals surface area contributed by atoms with E-state index >= 15 is 0 Å². The van der Waals surface area contributed by atoms with Crippen molar-refractivity contribution in [2.24, 2.45) is 0 Å². The highest BCUT2D eigenvalue weighted by atomic mass is 35.5. The number of hydrogen-bond acceptors (Lipinski definition) is 5. The van der Waals surface area contributed by atoms with E-state index in [0.717, 1.165) is 11.8 Å². The molecule has 2 fully saturated rings. The van der Waals surface area contributed by atoms with Crippen LogP contribution in [0, 0.1) is 0 Å². The van der Waals surface area contributed by atoms with Gasteiger partial charge in [0, 0.05) is 18.1 Å². The number of amides is 2. The number of thioether (sulfide) groups is 1. The SMILES string of the molecule is O=C1CSC(=O)N1C1CCN(S(=O)(=O)c2cccc(Cl)c2)C1. The Hall–Kier alpha value is -1.09. The second kappa shape index (κ2) is 5.84. The van der Waals surface area contributed by atoms with Gasteiger partial charge < -0.3 is 0 Å². The minimum absolute atomic E-state index is 0.120. The molecule has 3 rings (SSSR count). The molecule has 0 bridgehead atoms. The van der Waals surface area contributed by atoms with Gasteiger partial charge in [-0.2, -0.15) is 4.31 Å². The summed E-state index contributed by atoms with van der Waals surface area (Å²) < 4.78 is 26.5. The zero-order valence-corrected chi connectivity index (χ0v) is 13.8. The molecule has 6 nitrogen and oxygen atoms in total. The van der Waals surface area contributed by atoms with Gasteiger partial charge in [0.1, 0.15) is 0 Å². The Labute approximate surface area is 137 Å². The predicted molar refractivity (Wildman–Crippen MR) is 83.3 cm³/mol. The summed E-state index contributed by atoms with van der Waals surface area (Å²) in [5.74, 6) is -0.113. The van der Waals surface area contributed by atoms with Crippen molar-refractivity contribution < 1.29 is 18.0 Å². The van der Waals surface area contributed by atoms with Crippen LogP contribution in [-0.2, 0) is 14.8 Å². The lowest BCUT2D eigenvalue weighted by Crippen LogP contribution is -2.41. The fraction of sp³-hybridized carbons (Fsp3) is 0.385. The Morgan fingerprint density at radius 2 is 2.05 bits per heavy atom. The van der Waals surface area contributed by atoms with Crippen LogP contribution in [0.4, 0.5) is 4.79 Å². The van der Waals surface area contributed by atoms with Crippen LogP contribution < -0.4 is 0 Å². The van der Waals surface area contributed by atoms with E-state index in [0.29, 0.717) is 11.4 Å². The van der Waals surface area contributed by atoms with Gasteiger partial charge in [0.2, 0.25) is 15.9 Å². The number of nitrogens with zero attached hydrogens (tertiary/aromatic N) is 2. The van der Waals surface area contributed by atoms with Crippen LogP contribution in [-0.4, -0.2) is 53.7 Å². The van der Waals surface area contributed by atoms with Crippen molar-refractivity contribution in [2.45, 2.75) is 17.4 Å². The van der Waals surface area contributed by atoms with Gasteiger partial charge in [-0.15, -0.1) is 0 Å². The summed E-state index contributed by atoms with van der Waals surface area (Å²) in [4.78, 5) is 24.8. The summed E-state index contributed by atoms with van der Waals surface area (Å²) in [6.45, 7) is 0.411. The number of imide groups is 1. The maximum atomic E-state index is 12.6. The number of sulfonamides is 1. The lowest BCUT2D eigenvalue weighted by atomic mass is 10.2. The van der Waals surface area contributed by atoms with Crippen molar-refractivity contribution in [2.75, 3.05) is 18.8 Å². The third-order valence-electron chi connectivity index (χ3n) is 3.71. The normalized spacial score (nSPS) is 23.5. The van der Waals surface area contributed by atoms with Gasteiger partial charge in [0.15, 0.2) is 0 Å². The fourth-order valence-electron chi connectivity index (χ4n) is 2.63. The van der Waals surface area contributed by atoms with Crippen molar-refractivity contribution in [1.82, 2.24) is 9.21 Å². The molecule has 1 unspecified atom stereocenters. The van der Waals surface area contributed by atoms with E-state index in [2.05, 4.69) is 0 Å². The molecule has 2 amide bonds. The average Bonchev–Trinajstić information content (AvgIpc) is 3.06. The standard InChI is InChI=1S/C13H13ClN2O4S2/c14-9-2-1-3-11(6-9)22(19,20)15-5-4-10(7-15)16-12(17)8-21-13(16)18/h1-3,6,10H,4-5,7-8H2. The van der Waals surface area contributed by atoms with Crippen LogP contribution in [0.3, 0.4) is 0 Å². The highest BCUT2D eigenvalue weighted by Crippen LogP contribution is 2.29. The van der Waals surface area contributed by atoms with Crippen molar-refractivity contribution in [3.05, 3.63) is 29.3 Å². The van der Waals surface area contributed by atoms with Crippen molar-refractivity contribution in [3.63, 3.8) is 0 Å². The van der Waals surface area contributed by atoms with Crippen LogP contribution in [0.5, 0.6) is 0 Å². The van der Waals surface area contributed by atoms with Crippen molar-refractivity contribution in [1.29, 1.82) is 0 Å². The maximum Gasteiger partial charge on any atom is 0.289 e. The molecule has 118 valence electrons. The molecule has 0 aromatic heterocycles.